The molecule has 0 bridgehead atoms. The Balaban J connectivity index is 3.04. The van der Waals surface area contributed by atoms with Gasteiger partial charge in [-0.25, -0.2) is 0 Å². The van der Waals surface area contributed by atoms with Crippen LogP contribution < -0.4 is 0 Å². The molecule has 2 unspecified atom stereocenters. The summed E-state index contributed by atoms with van der Waals surface area (Å²) in [5.74, 6) is 0. The van der Waals surface area contributed by atoms with Crippen molar-refractivity contribution in [2.45, 2.75) is 35.9 Å². The van der Waals surface area contributed by atoms with Gasteiger partial charge in [-0.1, -0.05) is 0 Å². The highest BCUT2D eigenvalue weighted by atomic mass is 31.1. The molecule has 1 rings (SSSR count). The van der Waals surface area contributed by atoms with Gasteiger partial charge in [-0.15, -0.1) is 0 Å². The molecular weight excluding hydrogens is 215 g/mol. The van der Waals surface area contributed by atoms with Crippen molar-refractivity contribution in [2.24, 2.45) is 0 Å². The van der Waals surface area contributed by atoms with Gasteiger partial charge >= 0.3 is 0 Å². The van der Waals surface area contributed by atoms with Gasteiger partial charge in [0.1, 0.15) is 30.5 Å². The van der Waals surface area contributed by atoms with Crippen LogP contribution in [0.25, 0.3) is 0 Å². The molecule has 1 fully saturated rings. The lowest BCUT2D eigenvalue weighted by Gasteiger charge is -2.43. The highest BCUT2D eigenvalue weighted by Crippen LogP contribution is 2.37. The first-order chi connectivity index (χ1) is 6.36. The molecule has 0 radical (unpaired) electrons. The fraction of sp³-hybridized carbons (Fsp3) is 1.00. The standard InChI is InChI=1S/C6H11O7P/c7-1-2(8)4(10)6(12,14-13)5(11)3(1)9/h1-5,7-12H/t1?,2-,3+,4-,5-,6?/m1/s1. The van der Waals surface area contributed by atoms with Crippen molar-refractivity contribution in [2.75, 3.05) is 0 Å². The van der Waals surface area contributed by atoms with E-state index in [9.17, 15) is 19.9 Å². The van der Waals surface area contributed by atoms with E-state index in [1.165, 1.54) is 0 Å². The summed E-state index contributed by atoms with van der Waals surface area (Å²) in [4.78, 5) is 0. The summed E-state index contributed by atoms with van der Waals surface area (Å²) in [6.07, 6.45) is -9.56. The van der Waals surface area contributed by atoms with Crippen molar-refractivity contribution in [3.05, 3.63) is 0 Å². The van der Waals surface area contributed by atoms with Gasteiger partial charge < -0.3 is 30.6 Å². The first-order valence-corrected chi connectivity index (χ1v) is 4.64. The van der Waals surface area contributed by atoms with Crippen molar-refractivity contribution >= 4 is 8.46 Å². The van der Waals surface area contributed by atoms with Gasteiger partial charge in [0.15, 0.2) is 8.46 Å². The topological polar surface area (TPSA) is 138 Å². The van der Waals surface area contributed by atoms with Gasteiger partial charge in [0.25, 0.3) is 0 Å². The minimum Gasteiger partial charge on any atom is -0.387 e. The van der Waals surface area contributed by atoms with Crippen LogP contribution in [0.3, 0.4) is 0 Å². The molecule has 0 heterocycles. The van der Waals surface area contributed by atoms with Gasteiger partial charge in [-0.3, -0.25) is 4.57 Å². The molecule has 0 amide bonds. The largest absolute Gasteiger partial charge is 0.387 e. The zero-order chi connectivity index (χ0) is 11.1. The van der Waals surface area contributed by atoms with E-state index in [0.717, 1.165) is 0 Å². The summed E-state index contributed by atoms with van der Waals surface area (Å²) in [5, 5.41) is 52.6. The predicted molar refractivity (Wildman–Crippen MR) is 42.6 cm³/mol. The molecule has 0 aromatic rings. The molecule has 82 valence electrons. The number of aliphatic hydroxyl groups excluding tert-OH is 5. The van der Waals surface area contributed by atoms with Gasteiger partial charge in [0.2, 0.25) is 5.34 Å². The highest BCUT2D eigenvalue weighted by Gasteiger charge is 2.58. The quantitative estimate of drug-likeness (QED) is 0.259. The van der Waals surface area contributed by atoms with Crippen molar-refractivity contribution in [1.82, 2.24) is 0 Å². The van der Waals surface area contributed by atoms with E-state index < -0.39 is 44.3 Å². The SMILES string of the molecule is O=PC1(O)[C@H](O)[C@H](O)C(O)[C@H](O)[C@H]1O. The summed E-state index contributed by atoms with van der Waals surface area (Å²) < 4.78 is 10.5. The average Bonchev–Trinajstić information content (AvgIpc) is 2.21. The molecule has 7 nitrogen and oxygen atoms in total. The lowest BCUT2D eigenvalue weighted by molar-refractivity contribution is -0.237. The summed E-state index contributed by atoms with van der Waals surface area (Å²) in [6.45, 7) is 0. The van der Waals surface area contributed by atoms with Crippen LogP contribution in [0.4, 0.5) is 0 Å². The molecule has 1 aliphatic carbocycles. The van der Waals surface area contributed by atoms with E-state index in [2.05, 4.69) is 0 Å². The third-order valence-corrected chi connectivity index (χ3v) is 3.19. The molecule has 0 saturated heterocycles. The summed E-state index contributed by atoms with van der Waals surface area (Å²) >= 11 is 0. The number of aliphatic hydroxyl groups is 6. The van der Waals surface area contributed by atoms with Crippen LogP contribution in [0.5, 0.6) is 0 Å². The molecule has 0 aromatic heterocycles. The lowest BCUT2D eigenvalue weighted by atomic mass is 9.84. The Labute approximate surface area is 80.4 Å². The minimum absolute atomic E-state index is 1.05. The van der Waals surface area contributed by atoms with Crippen molar-refractivity contribution in [3.63, 3.8) is 0 Å². The normalized spacial score (nSPS) is 54.9. The van der Waals surface area contributed by atoms with Gasteiger partial charge in [-0.05, 0) is 0 Å². The van der Waals surface area contributed by atoms with E-state index in [1.54, 1.807) is 0 Å². The summed E-state index contributed by atoms with van der Waals surface area (Å²) in [6, 6.07) is 0. The Kier molecular flexibility index (Phi) is 3.23. The monoisotopic (exact) mass is 226 g/mol. The Bertz CT molecular complexity index is 218. The number of rotatable bonds is 1. The highest BCUT2D eigenvalue weighted by molar-refractivity contribution is 7.25. The molecule has 6 N–H and O–H groups in total. The van der Waals surface area contributed by atoms with E-state index >= 15 is 0 Å². The Hall–Kier alpha value is -0.140. The molecular formula is C6H11O7P. The van der Waals surface area contributed by atoms with Crippen LogP contribution in [-0.4, -0.2) is 66.5 Å². The molecule has 8 heteroatoms. The Morgan fingerprint density at radius 1 is 0.857 bits per heavy atom. The maximum absolute atomic E-state index is 10.5. The van der Waals surface area contributed by atoms with Gasteiger partial charge in [-0.2, -0.15) is 0 Å². The summed E-state index contributed by atoms with van der Waals surface area (Å²) in [7, 11) is -1.05. The van der Waals surface area contributed by atoms with Crippen molar-refractivity contribution in [1.29, 1.82) is 0 Å². The first kappa shape index (κ1) is 11.9. The smallest absolute Gasteiger partial charge is 0.201 e. The van der Waals surface area contributed by atoms with Crippen molar-refractivity contribution < 1.29 is 35.2 Å². The second-order valence-corrected chi connectivity index (χ2v) is 4.13. The maximum Gasteiger partial charge on any atom is 0.201 e. The van der Waals surface area contributed by atoms with Crippen LogP contribution in [-0.2, 0) is 4.57 Å². The molecule has 0 spiro atoms. The minimum atomic E-state index is -2.57. The molecule has 1 saturated carbocycles. The number of hydrogen-bond acceptors (Lipinski definition) is 7. The molecule has 0 aliphatic heterocycles. The fourth-order valence-electron chi connectivity index (χ4n) is 1.36. The fourth-order valence-corrected chi connectivity index (χ4v) is 1.88. The van der Waals surface area contributed by atoms with Crippen LogP contribution in [0.15, 0.2) is 0 Å². The third kappa shape index (κ3) is 1.47. The Morgan fingerprint density at radius 3 is 1.50 bits per heavy atom. The van der Waals surface area contributed by atoms with Crippen LogP contribution in [0.1, 0.15) is 0 Å². The van der Waals surface area contributed by atoms with E-state index in [-0.39, 0.29) is 0 Å². The zero-order valence-corrected chi connectivity index (χ0v) is 7.82. The summed E-state index contributed by atoms with van der Waals surface area (Å²) in [5.41, 5.74) is 0. The third-order valence-electron chi connectivity index (χ3n) is 2.36. The van der Waals surface area contributed by atoms with Gasteiger partial charge in [0, 0.05) is 0 Å². The predicted octanol–water partition coefficient (Wildman–Crippen LogP) is -3.22. The maximum atomic E-state index is 10.5. The Morgan fingerprint density at radius 2 is 1.21 bits per heavy atom. The van der Waals surface area contributed by atoms with E-state index in [1.807, 2.05) is 0 Å². The van der Waals surface area contributed by atoms with Crippen LogP contribution >= 0.6 is 8.46 Å². The van der Waals surface area contributed by atoms with Crippen LogP contribution in [0.2, 0.25) is 0 Å². The second kappa shape index (κ2) is 3.79. The first-order valence-electron chi connectivity index (χ1n) is 3.83. The average molecular weight is 226 g/mol. The zero-order valence-electron chi connectivity index (χ0n) is 6.93. The number of hydrogen-bond donors (Lipinski definition) is 6. The molecule has 1 aliphatic rings. The molecule has 0 aromatic carbocycles. The lowest BCUT2D eigenvalue weighted by Crippen LogP contribution is -2.68. The molecule has 14 heavy (non-hydrogen) atoms. The van der Waals surface area contributed by atoms with Gasteiger partial charge in [0.05, 0.1) is 0 Å². The second-order valence-electron chi connectivity index (χ2n) is 3.24. The van der Waals surface area contributed by atoms with Crippen molar-refractivity contribution in [3.8, 4) is 0 Å². The van der Waals surface area contributed by atoms with E-state index in [0.29, 0.717) is 0 Å². The molecule has 6 atom stereocenters. The van der Waals surface area contributed by atoms with E-state index in [4.69, 9.17) is 15.3 Å². The van der Waals surface area contributed by atoms with Crippen LogP contribution in [0, 0.1) is 0 Å².